The maximum atomic E-state index is 4.29. The van der Waals surface area contributed by atoms with Crippen molar-refractivity contribution in [3.63, 3.8) is 0 Å². The molecule has 2 heterocycles. The second kappa shape index (κ2) is 5.22. The summed E-state index contributed by atoms with van der Waals surface area (Å²) < 4.78 is 0. The molecule has 1 aromatic rings. The van der Waals surface area contributed by atoms with Crippen LogP contribution in [0.5, 0.6) is 0 Å². The molecule has 0 bridgehead atoms. The maximum absolute atomic E-state index is 4.29. The summed E-state index contributed by atoms with van der Waals surface area (Å²) >= 11 is 0. The molecule has 0 aromatic carbocycles. The third kappa shape index (κ3) is 2.64. The lowest BCUT2D eigenvalue weighted by atomic mass is 9.67. The lowest BCUT2D eigenvalue weighted by Crippen LogP contribution is -2.41. The lowest BCUT2D eigenvalue weighted by Gasteiger charge is -2.43. The highest BCUT2D eigenvalue weighted by Gasteiger charge is 2.36. The first kappa shape index (κ1) is 11.9. The van der Waals surface area contributed by atoms with Gasteiger partial charge in [0.15, 0.2) is 0 Å². The second-order valence-corrected chi connectivity index (χ2v) is 5.76. The van der Waals surface area contributed by atoms with Crippen LogP contribution < -0.4 is 10.6 Å². The summed E-state index contributed by atoms with van der Waals surface area (Å²) in [7, 11) is 0. The van der Waals surface area contributed by atoms with Gasteiger partial charge in [-0.1, -0.05) is 0 Å². The van der Waals surface area contributed by atoms with Crippen LogP contribution in [0.1, 0.15) is 38.5 Å². The number of hydrogen-bond donors (Lipinski definition) is 2. The highest BCUT2D eigenvalue weighted by molar-refractivity contribution is 5.31. The first-order valence-electron chi connectivity index (χ1n) is 7.10. The highest BCUT2D eigenvalue weighted by atomic mass is 15.0. The number of hydrogen-bond acceptors (Lipinski definition) is 4. The minimum atomic E-state index is 0.585. The summed E-state index contributed by atoms with van der Waals surface area (Å²) in [5, 5.41) is 6.99. The standard InChI is InChI=1S/C14H22N4/c1-3-14(5-7-15-8-6-14)4-2-12(1)18-13-11-16-9-10-17-13/h9-12,15H,1-8H2,(H,17,18). The summed E-state index contributed by atoms with van der Waals surface area (Å²) in [5.74, 6) is 0.920. The van der Waals surface area contributed by atoms with E-state index in [1.165, 1.54) is 51.6 Å². The zero-order chi connectivity index (χ0) is 12.3. The zero-order valence-electron chi connectivity index (χ0n) is 10.9. The average Bonchev–Trinajstić information content (AvgIpc) is 2.44. The van der Waals surface area contributed by atoms with Crippen LogP contribution in [0.25, 0.3) is 0 Å². The molecular weight excluding hydrogens is 224 g/mol. The van der Waals surface area contributed by atoms with E-state index in [1.54, 1.807) is 12.4 Å². The number of anilines is 1. The Hall–Kier alpha value is -1.16. The normalized spacial score (nSPS) is 24.0. The van der Waals surface area contributed by atoms with Gasteiger partial charge in [0, 0.05) is 18.4 Å². The number of aromatic nitrogens is 2. The first-order chi connectivity index (χ1) is 8.86. The molecular formula is C14H22N4. The van der Waals surface area contributed by atoms with Crippen LogP contribution in [0.4, 0.5) is 5.82 Å². The van der Waals surface area contributed by atoms with Gasteiger partial charge in [-0.05, 0) is 57.0 Å². The smallest absolute Gasteiger partial charge is 0.144 e. The summed E-state index contributed by atoms with van der Waals surface area (Å²) in [6, 6.07) is 0.585. The summed E-state index contributed by atoms with van der Waals surface area (Å²) in [5.41, 5.74) is 0.645. The Bertz CT molecular complexity index is 363. The van der Waals surface area contributed by atoms with E-state index in [0.29, 0.717) is 11.5 Å². The molecule has 4 heteroatoms. The molecule has 98 valence electrons. The molecule has 1 spiro atoms. The molecule has 1 aliphatic heterocycles. The molecule has 2 N–H and O–H groups in total. The van der Waals surface area contributed by atoms with Crippen molar-refractivity contribution in [2.45, 2.75) is 44.6 Å². The molecule has 1 aromatic heterocycles. The van der Waals surface area contributed by atoms with Crippen molar-refractivity contribution < 1.29 is 0 Å². The van der Waals surface area contributed by atoms with Gasteiger partial charge in [0.05, 0.1) is 6.20 Å². The Balaban J connectivity index is 1.54. The van der Waals surface area contributed by atoms with E-state index < -0.39 is 0 Å². The highest BCUT2D eigenvalue weighted by Crippen LogP contribution is 2.43. The van der Waals surface area contributed by atoms with E-state index >= 15 is 0 Å². The third-order valence-electron chi connectivity index (χ3n) is 4.63. The van der Waals surface area contributed by atoms with Crippen molar-refractivity contribution in [2.75, 3.05) is 18.4 Å². The van der Waals surface area contributed by atoms with Gasteiger partial charge in [-0.2, -0.15) is 0 Å². The van der Waals surface area contributed by atoms with E-state index in [9.17, 15) is 0 Å². The number of rotatable bonds is 2. The van der Waals surface area contributed by atoms with Gasteiger partial charge in [0.25, 0.3) is 0 Å². The molecule has 1 aliphatic carbocycles. The van der Waals surface area contributed by atoms with Gasteiger partial charge in [0.1, 0.15) is 5.82 Å². The largest absolute Gasteiger partial charge is 0.366 e. The van der Waals surface area contributed by atoms with Gasteiger partial charge >= 0.3 is 0 Å². The topological polar surface area (TPSA) is 49.8 Å². The SMILES string of the molecule is c1cnc(NC2CCC3(CCNCC3)CC2)cn1. The monoisotopic (exact) mass is 246 g/mol. The molecule has 2 fully saturated rings. The van der Waals surface area contributed by atoms with E-state index in [0.717, 1.165) is 5.82 Å². The van der Waals surface area contributed by atoms with Crippen molar-refractivity contribution in [3.8, 4) is 0 Å². The third-order valence-corrected chi connectivity index (χ3v) is 4.63. The molecule has 0 atom stereocenters. The molecule has 3 rings (SSSR count). The number of nitrogens with one attached hydrogen (secondary N) is 2. The zero-order valence-corrected chi connectivity index (χ0v) is 10.9. The Morgan fingerprint density at radius 3 is 2.56 bits per heavy atom. The number of nitrogens with zero attached hydrogens (tertiary/aromatic N) is 2. The van der Waals surface area contributed by atoms with E-state index in [-0.39, 0.29) is 0 Å². The predicted octanol–water partition coefficient (Wildman–Crippen LogP) is 2.20. The molecule has 18 heavy (non-hydrogen) atoms. The molecule has 0 unspecified atom stereocenters. The maximum Gasteiger partial charge on any atom is 0.144 e. The fourth-order valence-electron chi connectivity index (χ4n) is 3.41. The van der Waals surface area contributed by atoms with Gasteiger partial charge in [-0.15, -0.1) is 0 Å². The van der Waals surface area contributed by atoms with Crippen molar-refractivity contribution in [1.29, 1.82) is 0 Å². The van der Waals surface area contributed by atoms with Gasteiger partial charge < -0.3 is 10.6 Å². The van der Waals surface area contributed by atoms with Crippen LogP contribution >= 0.6 is 0 Å². The fourth-order valence-corrected chi connectivity index (χ4v) is 3.41. The Morgan fingerprint density at radius 2 is 1.89 bits per heavy atom. The summed E-state index contributed by atoms with van der Waals surface area (Å²) in [4.78, 5) is 8.39. The minimum absolute atomic E-state index is 0.585. The fraction of sp³-hybridized carbons (Fsp3) is 0.714. The van der Waals surface area contributed by atoms with Crippen LogP contribution in [0, 0.1) is 5.41 Å². The minimum Gasteiger partial charge on any atom is -0.366 e. The molecule has 4 nitrogen and oxygen atoms in total. The quantitative estimate of drug-likeness (QED) is 0.840. The van der Waals surface area contributed by atoms with Crippen molar-refractivity contribution in [2.24, 2.45) is 5.41 Å². The molecule has 2 aliphatic rings. The molecule has 1 saturated carbocycles. The van der Waals surface area contributed by atoms with Gasteiger partial charge in [-0.3, -0.25) is 4.98 Å². The summed E-state index contributed by atoms with van der Waals surface area (Å²) in [6.45, 7) is 2.42. The molecule has 0 amide bonds. The van der Waals surface area contributed by atoms with Crippen LogP contribution in [0.2, 0.25) is 0 Å². The predicted molar refractivity (Wildman–Crippen MR) is 72.4 cm³/mol. The van der Waals surface area contributed by atoms with Crippen molar-refractivity contribution in [1.82, 2.24) is 15.3 Å². The molecule has 0 radical (unpaired) electrons. The van der Waals surface area contributed by atoms with Crippen molar-refractivity contribution in [3.05, 3.63) is 18.6 Å². The van der Waals surface area contributed by atoms with Gasteiger partial charge in [0.2, 0.25) is 0 Å². The molecule has 1 saturated heterocycles. The van der Waals surface area contributed by atoms with E-state index in [1.807, 2.05) is 6.20 Å². The van der Waals surface area contributed by atoms with E-state index in [4.69, 9.17) is 0 Å². The first-order valence-corrected chi connectivity index (χ1v) is 7.10. The number of piperidine rings is 1. The Kier molecular flexibility index (Phi) is 3.46. The van der Waals surface area contributed by atoms with E-state index in [2.05, 4.69) is 20.6 Å². The van der Waals surface area contributed by atoms with Crippen LogP contribution in [0.15, 0.2) is 18.6 Å². The van der Waals surface area contributed by atoms with Crippen LogP contribution in [0.3, 0.4) is 0 Å². The van der Waals surface area contributed by atoms with Gasteiger partial charge in [-0.25, -0.2) is 4.98 Å². The Labute approximate surface area is 109 Å². The summed E-state index contributed by atoms with van der Waals surface area (Å²) in [6.07, 6.45) is 13.3. The average molecular weight is 246 g/mol. The Morgan fingerprint density at radius 1 is 1.11 bits per heavy atom. The van der Waals surface area contributed by atoms with Crippen LogP contribution in [-0.4, -0.2) is 29.1 Å². The van der Waals surface area contributed by atoms with Crippen molar-refractivity contribution >= 4 is 5.82 Å². The second-order valence-electron chi connectivity index (χ2n) is 5.76. The lowest BCUT2D eigenvalue weighted by molar-refractivity contribution is 0.128. The van der Waals surface area contributed by atoms with Crippen LogP contribution in [-0.2, 0) is 0 Å².